The molecule has 1 aliphatic rings. The first-order valence-electron chi connectivity index (χ1n) is 10.1. The van der Waals surface area contributed by atoms with Crippen molar-refractivity contribution in [2.24, 2.45) is 0 Å². The van der Waals surface area contributed by atoms with Gasteiger partial charge in [-0.05, 0) is 49.2 Å². The molecule has 6 heteroatoms. The number of hydrogen-bond acceptors (Lipinski definition) is 4. The summed E-state index contributed by atoms with van der Waals surface area (Å²) in [4.78, 5) is 35.0. The van der Waals surface area contributed by atoms with Gasteiger partial charge in [-0.3, -0.25) is 19.6 Å². The molecule has 4 rings (SSSR count). The van der Waals surface area contributed by atoms with Crippen LogP contribution in [0.2, 0.25) is 0 Å². The molecular weight excluding hydrogens is 376 g/mol. The van der Waals surface area contributed by atoms with E-state index in [0.29, 0.717) is 12.1 Å². The van der Waals surface area contributed by atoms with Gasteiger partial charge in [-0.15, -0.1) is 0 Å². The number of aromatic nitrogens is 2. The molecule has 2 amide bonds. The summed E-state index contributed by atoms with van der Waals surface area (Å²) < 4.78 is 0. The Morgan fingerprint density at radius 2 is 1.97 bits per heavy atom. The van der Waals surface area contributed by atoms with Crippen LogP contribution in [-0.2, 0) is 4.79 Å². The fourth-order valence-electron chi connectivity index (χ4n) is 3.87. The van der Waals surface area contributed by atoms with E-state index in [9.17, 15) is 9.59 Å². The topological polar surface area (TPSA) is 75.2 Å². The van der Waals surface area contributed by atoms with Crippen LogP contribution < -0.4 is 5.32 Å². The Hall–Kier alpha value is -3.54. The zero-order chi connectivity index (χ0) is 20.9. The predicted octanol–water partition coefficient (Wildman–Crippen LogP) is 4.12. The van der Waals surface area contributed by atoms with E-state index >= 15 is 0 Å². The first-order valence-corrected chi connectivity index (χ1v) is 10.1. The van der Waals surface area contributed by atoms with Crippen LogP contribution in [0, 0.1) is 0 Å². The molecule has 0 saturated carbocycles. The normalized spacial score (nSPS) is 16.2. The molecule has 0 radical (unpaired) electrons. The number of nitrogens with one attached hydrogen (secondary N) is 1. The number of piperidine rings is 1. The second-order valence-electron chi connectivity index (χ2n) is 7.54. The van der Waals surface area contributed by atoms with Gasteiger partial charge >= 0.3 is 0 Å². The lowest BCUT2D eigenvalue weighted by Crippen LogP contribution is -2.39. The SMILES string of the molecule is CC(=O)Nc1cccc(-c2cccc([C@@H]3CCCN(C(=O)c4cccnc4)C3)n2)c1. The van der Waals surface area contributed by atoms with Crippen LogP contribution in [-0.4, -0.2) is 39.8 Å². The molecule has 1 N–H and O–H groups in total. The average Bonchev–Trinajstić information content (AvgIpc) is 2.79. The average molecular weight is 400 g/mol. The lowest BCUT2D eigenvalue weighted by Gasteiger charge is -2.32. The maximum Gasteiger partial charge on any atom is 0.255 e. The van der Waals surface area contributed by atoms with Crippen molar-refractivity contribution in [3.8, 4) is 11.3 Å². The first kappa shape index (κ1) is 19.8. The third-order valence-corrected chi connectivity index (χ3v) is 5.28. The molecule has 6 nitrogen and oxygen atoms in total. The summed E-state index contributed by atoms with van der Waals surface area (Å²) in [6.45, 7) is 2.89. The summed E-state index contributed by atoms with van der Waals surface area (Å²) in [5, 5.41) is 2.81. The Morgan fingerprint density at radius 1 is 1.10 bits per heavy atom. The van der Waals surface area contributed by atoms with Crippen molar-refractivity contribution in [2.45, 2.75) is 25.7 Å². The van der Waals surface area contributed by atoms with Gasteiger partial charge in [-0.2, -0.15) is 0 Å². The van der Waals surface area contributed by atoms with Crippen LogP contribution in [0.3, 0.4) is 0 Å². The fraction of sp³-hybridized carbons (Fsp3) is 0.250. The Labute approximate surface area is 176 Å². The van der Waals surface area contributed by atoms with Crippen LogP contribution in [0.25, 0.3) is 11.3 Å². The first-order chi connectivity index (χ1) is 14.6. The summed E-state index contributed by atoms with van der Waals surface area (Å²) in [6.07, 6.45) is 5.23. The van der Waals surface area contributed by atoms with Gasteiger partial charge in [0.2, 0.25) is 5.91 Å². The van der Waals surface area contributed by atoms with Gasteiger partial charge in [0.15, 0.2) is 0 Å². The molecule has 1 aromatic carbocycles. The molecule has 30 heavy (non-hydrogen) atoms. The molecule has 1 saturated heterocycles. The van der Waals surface area contributed by atoms with Crippen molar-refractivity contribution in [3.05, 3.63) is 78.2 Å². The van der Waals surface area contributed by atoms with E-state index < -0.39 is 0 Å². The number of hydrogen-bond donors (Lipinski definition) is 1. The summed E-state index contributed by atoms with van der Waals surface area (Å²) in [5.41, 5.74) is 4.16. The molecule has 152 valence electrons. The standard InChI is InChI=1S/C24H24N4O2/c1-17(29)26-21-9-2-6-18(14-21)22-10-3-11-23(27-22)20-8-5-13-28(16-20)24(30)19-7-4-12-25-15-19/h2-4,6-7,9-12,14-15,20H,5,8,13,16H2,1H3,(H,26,29)/t20-/m1/s1. The number of amides is 2. The third kappa shape index (κ3) is 4.54. The largest absolute Gasteiger partial charge is 0.338 e. The molecule has 2 aromatic heterocycles. The molecule has 0 aliphatic carbocycles. The van der Waals surface area contributed by atoms with E-state index in [1.165, 1.54) is 6.92 Å². The molecule has 3 heterocycles. The lowest BCUT2D eigenvalue weighted by atomic mass is 9.93. The minimum absolute atomic E-state index is 0.0203. The zero-order valence-electron chi connectivity index (χ0n) is 16.9. The van der Waals surface area contributed by atoms with Gasteiger partial charge in [-0.25, -0.2) is 0 Å². The van der Waals surface area contributed by atoms with Crippen molar-refractivity contribution < 1.29 is 9.59 Å². The van der Waals surface area contributed by atoms with Crippen molar-refractivity contribution in [1.82, 2.24) is 14.9 Å². The molecular formula is C24H24N4O2. The van der Waals surface area contributed by atoms with Gasteiger partial charge in [-0.1, -0.05) is 18.2 Å². The minimum atomic E-state index is -0.102. The van der Waals surface area contributed by atoms with Crippen molar-refractivity contribution in [3.63, 3.8) is 0 Å². The summed E-state index contributed by atoms with van der Waals surface area (Å²) in [6, 6.07) is 17.3. The Bertz CT molecular complexity index is 1050. The van der Waals surface area contributed by atoms with Crippen molar-refractivity contribution in [1.29, 1.82) is 0 Å². The number of nitrogens with zero attached hydrogens (tertiary/aromatic N) is 3. The summed E-state index contributed by atoms with van der Waals surface area (Å²) >= 11 is 0. The minimum Gasteiger partial charge on any atom is -0.338 e. The van der Waals surface area contributed by atoms with Gasteiger partial charge in [0.1, 0.15) is 0 Å². The molecule has 3 aromatic rings. The lowest BCUT2D eigenvalue weighted by molar-refractivity contribution is -0.114. The molecule has 0 spiro atoms. The van der Waals surface area contributed by atoms with Gasteiger partial charge in [0.25, 0.3) is 5.91 Å². The summed E-state index contributed by atoms with van der Waals surface area (Å²) in [7, 11) is 0. The van der Waals surface area contributed by atoms with Crippen LogP contribution in [0.15, 0.2) is 67.0 Å². The fourth-order valence-corrected chi connectivity index (χ4v) is 3.87. The van der Waals surface area contributed by atoms with Crippen molar-refractivity contribution in [2.75, 3.05) is 18.4 Å². The smallest absolute Gasteiger partial charge is 0.255 e. The van der Waals surface area contributed by atoms with E-state index in [0.717, 1.165) is 42.0 Å². The van der Waals surface area contributed by atoms with E-state index in [2.05, 4.69) is 10.3 Å². The molecule has 0 bridgehead atoms. The van der Waals surface area contributed by atoms with Crippen LogP contribution in [0.4, 0.5) is 5.69 Å². The Kier molecular flexibility index (Phi) is 5.84. The molecule has 1 atom stereocenters. The number of benzene rings is 1. The number of pyridine rings is 2. The van der Waals surface area contributed by atoms with Crippen LogP contribution in [0.1, 0.15) is 41.7 Å². The van der Waals surface area contributed by atoms with E-state index in [1.54, 1.807) is 24.5 Å². The molecule has 0 unspecified atom stereocenters. The van der Waals surface area contributed by atoms with Gasteiger partial charge in [0, 0.05) is 55.3 Å². The van der Waals surface area contributed by atoms with Crippen LogP contribution in [0.5, 0.6) is 0 Å². The zero-order valence-corrected chi connectivity index (χ0v) is 16.9. The van der Waals surface area contributed by atoms with Crippen molar-refractivity contribution >= 4 is 17.5 Å². The summed E-state index contributed by atoms with van der Waals surface area (Å²) in [5.74, 6) is 0.110. The highest BCUT2D eigenvalue weighted by molar-refractivity contribution is 5.94. The number of likely N-dealkylation sites (tertiary alicyclic amines) is 1. The second kappa shape index (κ2) is 8.86. The number of carbonyl (C=O) groups is 2. The van der Waals surface area contributed by atoms with Crippen LogP contribution >= 0.6 is 0 Å². The quantitative estimate of drug-likeness (QED) is 0.715. The Morgan fingerprint density at radius 3 is 2.77 bits per heavy atom. The highest BCUT2D eigenvalue weighted by atomic mass is 16.2. The monoisotopic (exact) mass is 400 g/mol. The van der Waals surface area contributed by atoms with E-state index in [-0.39, 0.29) is 17.7 Å². The Balaban J connectivity index is 1.54. The maximum absolute atomic E-state index is 12.8. The number of anilines is 1. The van der Waals surface area contributed by atoms with Gasteiger partial charge in [0.05, 0.1) is 11.3 Å². The van der Waals surface area contributed by atoms with E-state index in [4.69, 9.17) is 4.98 Å². The number of rotatable bonds is 4. The van der Waals surface area contributed by atoms with E-state index in [1.807, 2.05) is 47.4 Å². The highest BCUT2D eigenvalue weighted by Gasteiger charge is 2.26. The van der Waals surface area contributed by atoms with Gasteiger partial charge < -0.3 is 10.2 Å². The molecule has 1 aliphatic heterocycles. The highest BCUT2D eigenvalue weighted by Crippen LogP contribution is 2.29. The maximum atomic E-state index is 12.8. The number of carbonyl (C=O) groups excluding carboxylic acids is 2. The predicted molar refractivity (Wildman–Crippen MR) is 116 cm³/mol. The third-order valence-electron chi connectivity index (χ3n) is 5.28. The molecule has 1 fully saturated rings. The second-order valence-corrected chi connectivity index (χ2v) is 7.54.